The Bertz CT molecular complexity index is 1390. The van der Waals surface area contributed by atoms with Gasteiger partial charge in [0.05, 0.1) is 10.4 Å². The highest BCUT2D eigenvalue weighted by atomic mass is 35.5. The van der Waals surface area contributed by atoms with E-state index in [0.717, 1.165) is 11.1 Å². The fourth-order valence-corrected chi connectivity index (χ4v) is 3.70. The number of halogens is 2. The van der Waals surface area contributed by atoms with Gasteiger partial charge in [-0.15, -0.1) is 0 Å². The van der Waals surface area contributed by atoms with E-state index in [-0.39, 0.29) is 16.9 Å². The third kappa shape index (κ3) is 4.49. The van der Waals surface area contributed by atoms with E-state index in [4.69, 9.17) is 32.4 Å². The molecule has 1 aromatic heterocycles. The molecular formula is C25H19Cl2NO4. The Morgan fingerprint density at radius 2 is 1.75 bits per heavy atom. The highest BCUT2D eigenvalue weighted by molar-refractivity contribution is 6.33. The lowest BCUT2D eigenvalue weighted by Gasteiger charge is -2.13. The summed E-state index contributed by atoms with van der Waals surface area (Å²) in [6, 6.07) is 17.3. The van der Waals surface area contributed by atoms with Crippen LogP contribution in [0.1, 0.15) is 11.1 Å². The SMILES string of the molecule is Cc1cc2oc(-c3ccccc3Cl)c(OCC(=O)Nc3cccc(Cl)c3)c(=O)c2cc1C. The van der Waals surface area contributed by atoms with Crippen molar-refractivity contribution in [1.29, 1.82) is 0 Å². The number of benzene rings is 3. The Balaban J connectivity index is 1.74. The van der Waals surface area contributed by atoms with Crippen LogP contribution < -0.4 is 15.5 Å². The van der Waals surface area contributed by atoms with Crippen molar-refractivity contribution in [1.82, 2.24) is 0 Å². The molecule has 3 aromatic carbocycles. The summed E-state index contributed by atoms with van der Waals surface area (Å²) in [5.74, 6) is -0.348. The third-order valence-corrected chi connectivity index (χ3v) is 5.60. The minimum absolute atomic E-state index is 0.0740. The fraction of sp³-hybridized carbons (Fsp3) is 0.120. The quantitative estimate of drug-likeness (QED) is 0.368. The zero-order valence-electron chi connectivity index (χ0n) is 17.4. The second kappa shape index (κ2) is 9.07. The standard InChI is InChI=1S/C25H19Cl2NO4/c1-14-10-19-21(11-15(14)2)32-24(18-8-3-4-9-20(18)27)25(23(19)30)31-13-22(29)28-17-7-5-6-16(26)12-17/h3-12H,13H2,1-2H3,(H,28,29). The van der Waals surface area contributed by atoms with Crippen molar-refractivity contribution >= 4 is 45.8 Å². The fourth-order valence-electron chi connectivity index (χ4n) is 3.29. The maximum Gasteiger partial charge on any atom is 0.262 e. The van der Waals surface area contributed by atoms with Gasteiger partial charge in [-0.2, -0.15) is 0 Å². The molecule has 1 N–H and O–H groups in total. The molecule has 0 atom stereocenters. The maximum absolute atomic E-state index is 13.3. The van der Waals surface area contributed by atoms with E-state index in [1.54, 1.807) is 54.6 Å². The Morgan fingerprint density at radius 1 is 1.00 bits per heavy atom. The van der Waals surface area contributed by atoms with Gasteiger partial charge in [0.2, 0.25) is 11.2 Å². The molecule has 1 amide bonds. The van der Waals surface area contributed by atoms with Gasteiger partial charge in [0.25, 0.3) is 5.91 Å². The predicted molar refractivity (Wildman–Crippen MR) is 128 cm³/mol. The monoisotopic (exact) mass is 467 g/mol. The van der Waals surface area contributed by atoms with Gasteiger partial charge in [0, 0.05) is 16.3 Å². The molecule has 0 bridgehead atoms. The lowest BCUT2D eigenvalue weighted by atomic mass is 10.0. The molecule has 162 valence electrons. The average Bonchev–Trinajstić information content (AvgIpc) is 2.75. The number of carbonyl (C=O) groups excluding carboxylic acids is 1. The number of hydrogen-bond acceptors (Lipinski definition) is 4. The summed E-state index contributed by atoms with van der Waals surface area (Å²) in [4.78, 5) is 25.8. The first-order chi connectivity index (χ1) is 15.3. The van der Waals surface area contributed by atoms with Crippen LogP contribution in [0.3, 0.4) is 0 Å². The Kier molecular flexibility index (Phi) is 6.21. The zero-order chi connectivity index (χ0) is 22.8. The van der Waals surface area contributed by atoms with Gasteiger partial charge in [-0.1, -0.05) is 41.4 Å². The second-order valence-electron chi connectivity index (χ2n) is 7.35. The summed E-state index contributed by atoms with van der Waals surface area (Å²) in [5.41, 5.74) is 2.99. The van der Waals surface area contributed by atoms with Crippen LogP contribution in [0.2, 0.25) is 10.0 Å². The van der Waals surface area contributed by atoms with Gasteiger partial charge in [-0.25, -0.2) is 0 Å². The first-order valence-electron chi connectivity index (χ1n) is 9.84. The minimum atomic E-state index is -0.447. The molecule has 0 saturated heterocycles. The molecule has 0 aliphatic carbocycles. The van der Waals surface area contributed by atoms with E-state index in [9.17, 15) is 9.59 Å². The Hall–Kier alpha value is -3.28. The van der Waals surface area contributed by atoms with Crippen LogP contribution >= 0.6 is 23.2 Å². The number of aryl methyl sites for hydroxylation is 2. The summed E-state index contributed by atoms with van der Waals surface area (Å²) < 4.78 is 11.8. The number of amides is 1. The van der Waals surface area contributed by atoms with Crippen LogP contribution in [0.5, 0.6) is 5.75 Å². The van der Waals surface area contributed by atoms with Crippen molar-refractivity contribution in [3.63, 3.8) is 0 Å². The highest BCUT2D eigenvalue weighted by Crippen LogP contribution is 2.35. The molecule has 0 aliphatic heterocycles. The van der Waals surface area contributed by atoms with E-state index in [1.807, 2.05) is 19.9 Å². The van der Waals surface area contributed by atoms with E-state index >= 15 is 0 Å². The van der Waals surface area contributed by atoms with Crippen molar-refractivity contribution in [2.45, 2.75) is 13.8 Å². The second-order valence-corrected chi connectivity index (χ2v) is 8.19. The normalized spacial score (nSPS) is 10.9. The molecule has 0 spiro atoms. The molecule has 7 heteroatoms. The largest absolute Gasteiger partial charge is 0.476 e. The minimum Gasteiger partial charge on any atom is -0.476 e. The molecule has 0 aliphatic rings. The topological polar surface area (TPSA) is 68.5 Å². The molecule has 4 rings (SSSR count). The summed E-state index contributed by atoms with van der Waals surface area (Å²) in [6.07, 6.45) is 0. The molecule has 0 radical (unpaired) electrons. The lowest BCUT2D eigenvalue weighted by molar-refractivity contribution is -0.118. The molecule has 4 aromatic rings. The number of anilines is 1. The summed E-state index contributed by atoms with van der Waals surface area (Å²) >= 11 is 12.3. The van der Waals surface area contributed by atoms with Crippen LogP contribution in [0.15, 0.2) is 69.9 Å². The number of nitrogens with one attached hydrogen (secondary N) is 1. The van der Waals surface area contributed by atoms with Gasteiger partial charge in [-0.3, -0.25) is 9.59 Å². The molecule has 32 heavy (non-hydrogen) atoms. The zero-order valence-corrected chi connectivity index (χ0v) is 18.9. The smallest absolute Gasteiger partial charge is 0.262 e. The molecule has 0 saturated carbocycles. The van der Waals surface area contributed by atoms with Gasteiger partial charge in [0.15, 0.2) is 12.4 Å². The van der Waals surface area contributed by atoms with Crippen molar-refractivity contribution in [3.8, 4) is 17.1 Å². The van der Waals surface area contributed by atoms with Crippen LogP contribution in [-0.2, 0) is 4.79 Å². The molecule has 5 nitrogen and oxygen atoms in total. The van der Waals surface area contributed by atoms with Gasteiger partial charge in [0.1, 0.15) is 5.58 Å². The Morgan fingerprint density at radius 3 is 2.50 bits per heavy atom. The van der Waals surface area contributed by atoms with E-state index in [2.05, 4.69) is 5.32 Å². The van der Waals surface area contributed by atoms with Crippen LogP contribution in [0.25, 0.3) is 22.3 Å². The van der Waals surface area contributed by atoms with E-state index < -0.39 is 12.5 Å². The van der Waals surface area contributed by atoms with Crippen LogP contribution in [-0.4, -0.2) is 12.5 Å². The van der Waals surface area contributed by atoms with E-state index in [1.165, 1.54) is 0 Å². The summed E-state index contributed by atoms with van der Waals surface area (Å²) in [7, 11) is 0. The number of rotatable bonds is 5. The predicted octanol–water partition coefficient (Wildman–Crippen LogP) is 6.40. The van der Waals surface area contributed by atoms with Crippen molar-refractivity contribution in [3.05, 3.63) is 92.1 Å². The number of hydrogen-bond donors (Lipinski definition) is 1. The molecular weight excluding hydrogens is 449 g/mol. The number of carbonyl (C=O) groups is 1. The number of fused-ring (bicyclic) bond motifs is 1. The van der Waals surface area contributed by atoms with Gasteiger partial charge >= 0.3 is 0 Å². The van der Waals surface area contributed by atoms with Crippen molar-refractivity contribution in [2.24, 2.45) is 0 Å². The van der Waals surface area contributed by atoms with Crippen molar-refractivity contribution < 1.29 is 13.9 Å². The van der Waals surface area contributed by atoms with Crippen LogP contribution in [0.4, 0.5) is 5.69 Å². The first-order valence-corrected chi connectivity index (χ1v) is 10.6. The highest BCUT2D eigenvalue weighted by Gasteiger charge is 2.21. The maximum atomic E-state index is 13.3. The first kappa shape index (κ1) is 21.9. The average molecular weight is 468 g/mol. The number of ether oxygens (including phenoxy) is 1. The van der Waals surface area contributed by atoms with Crippen LogP contribution in [0, 0.1) is 13.8 Å². The Labute approximate surface area is 194 Å². The molecule has 0 unspecified atom stereocenters. The summed E-state index contributed by atoms with van der Waals surface area (Å²) in [6.45, 7) is 3.45. The van der Waals surface area contributed by atoms with Gasteiger partial charge < -0.3 is 14.5 Å². The molecule has 0 fully saturated rings. The van der Waals surface area contributed by atoms with E-state index in [0.29, 0.717) is 32.3 Å². The third-order valence-electron chi connectivity index (χ3n) is 5.04. The van der Waals surface area contributed by atoms with Crippen molar-refractivity contribution in [2.75, 3.05) is 11.9 Å². The van der Waals surface area contributed by atoms with Gasteiger partial charge in [-0.05, 0) is 67.4 Å². The lowest BCUT2D eigenvalue weighted by Crippen LogP contribution is -2.22. The molecule has 1 heterocycles. The summed E-state index contributed by atoms with van der Waals surface area (Å²) in [5, 5.41) is 3.95.